The van der Waals surface area contributed by atoms with Crippen LogP contribution in [0.1, 0.15) is 40.9 Å². The van der Waals surface area contributed by atoms with Gasteiger partial charge in [0.05, 0.1) is 6.04 Å². The van der Waals surface area contributed by atoms with Gasteiger partial charge in [0.15, 0.2) is 5.78 Å². The second-order valence-electron chi connectivity index (χ2n) is 4.56. The van der Waals surface area contributed by atoms with E-state index in [-0.39, 0.29) is 24.3 Å². The highest BCUT2D eigenvalue weighted by Crippen LogP contribution is 2.31. The van der Waals surface area contributed by atoms with E-state index < -0.39 is 0 Å². The normalized spacial score (nSPS) is 17.3. The summed E-state index contributed by atoms with van der Waals surface area (Å²) in [6.45, 7) is 1.64. The van der Waals surface area contributed by atoms with Gasteiger partial charge in [-0.1, -0.05) is 12.1 Å². The summed E-state index contributed by atoms with van der Waals surface area (Å²) in [5, 5.41) is 2.94. The van der Waals surface area contributed by atoms with Crippen molar-refractivity contribution in [1.82, 2.24) is 5.32 Å². The first kappa shape index (κ1) is 12.8. The first-order valence-corrected chi connectivity index (χ1v) is 6.04. The molecule has 1 unspecified atom stereocenters. The molecule has 0 saturated heterocycles. The van der Waals surface area contributed by atoms with Crippen LogP contribution in [-0.2, 0) is 16.0 Å². The largest absolute Gasteiger partial charge is 0.375 e. The molecule has 0 bridgehead atoms. The smallest absolute Gasteiger partial charge is 0.246 e. The van der Waals surface area contributed by atoms with Crippen molar-refractivity contribution in [2.45, 2.75) is 25.8 Å². The maximum absolute atomic E-state index is 11.5. The van der Waals surface area contributed by atoms with Gasteiger partial charge < -0.3 is 10.1 Å². The SMILES string of the molecule is COCC(=O)NC1CCc2cc(C(C)=O)ccc21. The van der Waals surface area contributed by atoms with Crippen molar-refractivity contribution in [3.8, 4) is 0 Å². The van der Waals surface area contributed by atoms with Gasteiger partial charge in [-0.15, -0.1) is 0 Å². The minimum absolute atomic E-state index is 0.0451. The molecule has 0 radical (unpaired) electrons. The van der Waals surface area contributed by atoms with Crippen molar-refractivity contribution in [3.63, 3.8) is 0 Å². The molecule has 0 aromatic heterocycles. The molecule has 0 aliphatic heterocycles. The number of benzene rings is 1. The maximum Gasteiger partial charge on any atom is 0.246 e. The number of ether oxygens (including phenoxy) is 1. The second kappa shape index (κ2) is 5.31. The molecule has 1 atom stereocenters. The van der Waals surface area contributed by atoms with E-state index in [4.69, 9.17) is 4.74 Å². The van der Waals surface area contributed by atoms with Crippen LogP contribution in [0.3, 0.4) is 0 Å². The number of carbonyl (C=O) groups excluding carboxylic acids is 2. The summed E-state index contributed by atoms with van der Waals surface area (Å²) in [5.41, 5.74) is 3.01. The van der Waals surface area contributed by atoms with Crippen LogP contribution in [0.25, 0.3) is 0 Å². The number of methoxy groups -OCH3 is 1. The van der Waals surface area contributed by atoms with Crippen LogP contribution < -0.4 is 5.32 Å². The maximum atomic E-state index is 11.5. The lowest BCUT2D eigenvalue weighted by Crippen LogP contribution is -2.30. The lowest BCUT2D eigenvalue weighted by molar-refractivity contribution is -0.125. The number of fused-ring (bicyclic) bond motifs is 1. The molecule has 1 aliphatic carbocycles. The van der Waals surface area contributed by atoms with E-state index in [9.17, 15) is 9.59 Å². The van der Waals surface area contributed by atoms with Crippen LogP contribution in [0.5, 0.6) is 0 Å². The molecule has 1 N–H and O–H groups in total. The fraction of sp³-hybridized carbons (Fsp3) is 0.429. The molecule has 4 nitrogen and oxygen atoms in total. The minimum atomic E-state index is -0.106. The van der Waals surface area contributed by atoms with Gasteiger partial charge in [-0.05, 0) is 37.0 Å². The number of hydrogen-bond donors (Lipinski definition) is 1. The fourth-order valence-corrected chi connectivity index (χ4v) is 2.35. The molecule has 96 valence electrons. The van der Waals surface area contributed by atoms with E-state index in [0.717, 1.165) is 29.5 Å². The molecular formula is C14H17NO3. The molecule has 0 fully saturated rings. The van der Waals surface area contributed by atoms with Gasteiger partial charge in [-0.25, -0.2) is 0 Å². The predicted molar refractivity (Wildman–Crippen MR) is 67.5 cm³/mol. The molecule has 2 rings (SSSR count). The molecule has 1 amide bonds. The zero-order chi connectivity index (χ0) is 13.1. The van der Waals surface area contributed by atoms with Crippen LogP contribution in [0.2, 0.25) is 0 Å². The first-order valence-electron chi connectivity index (χ1n) is 6.04. The first-order chi connectivity index (χ1) is 8.61. The Morgan fingerprint density at radius 2 is 2.22 bits per heavy atom. The lowest BCUT2D eigenvalue weighted by Gasteiger charge is -2.14. The lowest BCUT2D eigenvalue weighted by atomic mass is 10.0. The van der Waals surface area contributed by atoms with Gasteiger partial charge in [0, 0.05) is 12.7 Å². The summed E-state index contributed by atoms with van der Waals surface area (Å²) >= 11 is 0. The summed E-state index contributed by atoms with van der Waals surface area (Å²) in [4.78, 5) is 22.8. The molecule has 1 aromatic rings. The van der Waals surface area contributed by atoms with Gasteiger partial charge in [0.25, 0.3) is 0 Å². The van der Waals surface area contributed by atoms with E-state index in [1.165, 1.54) is 7.11 Å². The van der Waals surface area contributed by atoms with Crippen LogP contribution in [0.4, 0.5) is 0 Å². The number of Topliss-reactive ketones (excluding diaryl/α,β-unsaturated/α-hetero) is 1. The predicted octanol–water partition coefficient (Wildman–Crippen LogP) is 1.64. The van der Waals surface area contributed by atoms with Gasteiger partial charge in [0.2, 0.25) is 5.91 Å². The summed E-state index contributed by atoms with van der Waals surface area (Å²) in [7, 11) is 1.50. The molecule has 1 aliphatic rings. The topological polar surface area (TPSA) is 55.4 Å². The van der Waals surface area contributed by atoms with E-state index in [1.54, 1.807) is 6.92 Å². The quantitative estimate of drug-likeness (QED) is 0.823. The standard InChI is InChI=1S/C14H17NO3/c1-9(16)10-3-5-12-11(7-10)4-6-13(12)15-14(17)8-18-2/h3,5,7,13H,4,6,8H2,1-2H3,(H,15,17). The van der Waals surface area contributed by atoms with Gasteiger partial charge >= 0.3 is 0 Å². The van der Waals surface area contributed by atoms with Crippen LogP contribution in [0, 0.1) is 0 Å². The van der Waals surface area contributed by atoms with E-state index in [1.807, 2.05) is 18.2 Å². The number of nitrogens with one attached hydrogen (secondary N) is 1. The zero-order valence-corrected chi connectivity index (χ0v) is 10.7. The highest BCUT2D eigenvalue weighted by Gasteiger charge is 2.24. The Labute approximate surface area is 106 Å². The average Bonchev–Trinajstić information content (AvgIpc) is 2.72. The number of rotatable bonds is 4. The Morgan fingerprint density at radius 1 is 1.44 bits per heavy atom. The van der Waals surface area contributed by atoms with E-state index >= 15 is 0 Å². The number of aryl methyl sites for hydroxylation is 1. The number of hydrogen-bond acceptors (Lipinski definition) is 3. The summed E-state index contributed by atoms with van der Waals surface area (Å²) in [5.74, 6) is -0.0318. The Balaban J connectivity index is 2.14. The summed E-state index contributed by atoms with van der Waals surface area (Å²) in [6, 6.07) is 5.74. The Kier molecular flexibility index (Phi) is 3.77. The number of amides is 1. The molecule has 0 heterocycles. The van der Waals surface area contributed by atoms with Gasteiger partial charge in [-0.3, -0.25) is 9.59 Å². The molecule has 18 heavy (non-hydrogen) atoms. The zero-order valence-electron chi connectivity index (χ0n) is 10.7. The van der Waals surface area contributed by atoms with Crippen molar-refractivity contribution in [2.75, 3.05) is 13.7 Å². The number of ketones is 1. The molecule has 0 saturated carbocycles. The Morgan fingerprint density at radius 3 is 2.89 bits per heavy atom. The van der Waals surface area contributed by atoms with Crippen molar-refractivity contribution in [1.29, 1.82) is 0 Å². The van der Waals surface area contributed by atoms with Crippen molar-refractivity contribution in [2.24, 2.45) is 0 Å². The Bertz CT molecular complexity index is 482. The van der Waals surface area contributed by atoms with Crippen molar-refractivity contribution < 1.29 is 14.3 Å². The minimum Gasteiger partial charge on any atom is -0.375 e. The average molecular weight is 247 g/mol. The molecular weight excluding hydrogens is 230 g/mol. The molecule has 0 spiro atoms. The monoisotopic (exact) mass is 247 g/mol. The second-order valence-corrected chi connectivity index (χ2v) is 4.56. The fourth-order valence-electron chi connectivity index (χ4n) is 2.35. The van der Waals surface area contributed by atoms with Crippen molar-refractivity contribution >= 4 is 11.7 Å². The highest BCUT2D eigenvalue weighted by molar-refractivity contribution is 5.94. The van der Waals surface area contributed by atoms with Crippen LogP contribution >= 0.6 is 0 Å². The molecule has 1 aromatic carbocycles. The van der Waals surface area contributed by atoms with E-state index in [0.29, 0.717) is 0 Å². The summed E-state index contributed by atoms with van der Waals surface area (Å²) < 4.78 is 4.80. The molecule has 4 heteroatoms. The summed E-state index contributed by atoms with van der Waals surface area (Å²) in [6.07, 6.45) is 1.78. The number of carbonyl (C=O) groups is 2. The van der Waals surface area contributed by atoms with Gasteiger partial charge in [0.1, 0.15) is 6.61 Å². The van der Waals surface area contributed by atoms with E-state index in [2.05, 4.69) is 5.32 Å². The highest BCUT2D eigenvalue weighted by atomic mass is 16.5. The van der Waals surface area contributed by atoms with Crippen LogP contribution in [-0.4, -0.2) is 25.4 Å². The van der Waals surface area contributed by atoms with Crippen LogP contribution in [0.15, 0.2) is 18.2 Å². The third kappa shape index (κ3) is 2.59. The van der Waals surface area contributed by atoms with Gasteiger partial charge in [-0.2, -0.15) is 0 Å². The Hall–Kier alpha value is -1.68. The van der Waals surface area contributed by atoms with Crippen molar-refractivity contribution in [3.05, 3.63) is 34.9 Å². The third-order valence-electron chi connectivity index (χ3n) is 3.24. The third-order valence-corrected chi connectivity index (χ3v) is 3.24.